The van der Waals surface area contributed by atoms with E-state index in [1.807, 2.05) is 0 Å². The summed E-state index contributed by atoms with van der Waals surface area (Å²) in [6.07, 6.45) is 2.37. The van der Waals surface area contributed by atoms with Gasteiger partial charge in [-0.3, -0.25) is 5.41 Å². The maximum absolute atomic E-state index is 7.29. The summed E-state index contributed by atoms with van der Waals surface area (Å²) in [6.45, 7) is 0. The number of hydrogen-bond donors (Lipinski definition) is 3. The molecule has 0 unspecified atom stereocenters. The van der Waals surface area contributed by atoms with E-state index in [2.05, 4.69) is 5.10 Å². The van der Waals surface area contributed by atoms with Gasteiger partial charge in [-0.05, 0) is 12.8 Å². The van der Waals surface area contributed by atoms with Gasteiger partial charge in [-0.1, -0.05) is 11.8 Å². The molecule has 56 valence electrons. The normalized spacial score (nSPS) is 19.0. The average molecular weight is 158 g/mol. The van der Waals surface area contributed by atoms with E-state index in [1.54, 1.807) is 0 Å². The monoisotopic (exact) mass is 158 g/mol. The van der Waals surface area contributed by atoms with Crippen LogP contribution in [0.1, 0.15) is 12.8 Å². The summed E-state index contributed by atoms with van der Waals surface area (Å²) < 4.78 is 0. The molecule has 0 aliphatic heterocycles. The highest BCUT2D eigenvalue weighted by molar-refractivity contribution is 8.16. The fraction of sp³-hybridized carbons (Fsp3) is 0.600. The lowest BCUT2D eigenvalue weighted by Gasteiger charge is -1.97. The molecule has 0 radical (unpaired) electrons. The van der Waals surface area contributed by atoms with Crippen LogP contribution in [-0.4, -0.2) is 16.1 Å². The van der Waals surface area contributed by atoms with Crippen LogP contribution < -0.4 is 11.6 Å². The minimum Gasteiger partial charge on any atom is -0.380 e. The Bertz CT molecular complexity index is 172. The zero-order valence-electron chi connectivity index (χ0n) is 5.50. The highest BCUT2D eigenvalue weighted by Crippen LogP contribution is 2.34. The largest absolute Gasteiger partial charge is 0.380 e. The van der Waals surface area contributed by atoms with E-state index in [9.17, 15) is 0 Å². The Kier molecular flexibility index (Phi) is 2.16. The molecule has 4 nitrogen and oxygen atoms in total. The molecule has 5 heteroatoms. The molecule has 0 saturated heterocycles. The molecule has 1 rings (SSSR count). The number of nitrogens with zero attached hydrogens (tertiary/aromatic N) is 1. The van der Waals surface area contributed by atoms with Crippen LogP contribution in [0.5, 0.6) is 0 Å². The van der Waals surface area contributed by atoms with Gasteiger partial charge in [0, 0.05) is 5.25 Å². The molecule has 0 amide bonds. The number of hydrogen-bond acceptors (Lipinski definition) is 4. The molecule has 1 fully saturated rings. The third-order valence-electron chi connectivity index (χ3n) is 1.18. The van der Waals surface area contributed by atoms with E-state index >= 15 is 0 Å². The molecule has 1 aliphatic carbocycles. The predicted molar refractivity (Wildman–Crippen MR) is 44.1 cm³/mol. The number of hydrazone groups is 1. The number of nitrogens with one attached hydrogen (secondary N) is 1. The van der Waals surface area contributed by atoms with E-state index in [4.69, 9.17) is 17.0 Å². The molecule has 0 spiro atoms. The zero-order chi connectivity index (χ0) is 7.56. The standard InChI is InChI=1S/C5H10N4S/c6-4(9-8)5(7)10-3-1-2-3/h3,7H,1-2,8H2,(H2,6,9). The van der Waals surface area contributed by atoms with Crippen LogP contribution in [0, 0.1) is 5.41 Å². The van der Waals surface area contributed by atoms with E-state index in [0.717, 1.165) is 0 Å². The Labute approximate surface area is 63.5 Å². The number of amidine groups is 1. The van der Waals surface area contributed by atoms with E-state index < -0.39 is 0 Å². The Morgan fingerprint density at radius 2 is 2.20 bits per heavy atom. The molecular formula is C5H10N4S. The highest BCUT2D eigenvalue weighted by Gasteiger charge is 2.24. The third-order valence-corrected chi connectivity index (χ3v) is 2.43. The van der Waals surface area contributed by atoms with Gasteiger partial charge < -0.3 is 11.6 Å². The number of thioether (sulfide) groups is 1. The number of rotatable bonds is 1. The second-order valence-corrected chi connectivity index (χ2v) is 3.47. The first-order chi connectivity index (χ1) is 4.74. The summed E-state index contributed by atoms with van der Waals surface area (Å²) in [5, 5.41) is 11.4. The number of nitrogens with two attached hydrogens (primary N) is 2. The third kappa shape index (κ3) is 1.91. The van der Waals surface area contributed by atoms with Crippen LogP contribution in [0.2, 0.25) is 0 Å². The Morgan fingerprint density at radius 3 is 2.60 bits per heavy atom. The van der Waals surface area contributed by atoms with E-state index in [-0.39, 0.29) is 5.84 Å². The van der Waals surface area contributed by atoms with Crippen molar-refractivity contribution in [2.75, 3.05) is 0 Å². The molecule has 0 aromatic heterocycles. The van der Waals surface area contributed by atoms with Crippen molar-refractivity contribution in [2.45, 2.75) is 18.1 Å². The highest BCUT2D eigenvalue weighted by atomic mass is 32.2. The maximum atomic E-state index is 7.29. The first kappa shape index (κ1) is 7.40. The minimum atomic E-state index is 0.136. The molecule has 0 aromatic carbocycles. The molecule has 1 aliphatic rings. The van der Waals surface area contributed by atoms with Crippen molar-refractivity contribution in [3.8, 4) is 0 Å². The van der Waals surface area contributed by atoms with Gasteiger partial charge in [-0.25, -0.2) is 0 Å². The SMILES string of the molecule is N=C(SC1CC1)C(N)=NN. The van der Waals surface area contributed by atoms with E-state index in [0.29, 0.717) is 10.3 Å². The molecule has 10 heavy (non-hydrogen) atoms. The van der Waals surface area contributed by atoms with Crippen LogP contribution in [-0.2, 0) is 0 Å². The van der Waals surface area contributed by atoms with Gasteiger partial charge >= 0.3 is 0 Å². The fourth-order valence-electron chi connectivity index (χ4n) is 0.472. The average Bonchev–Trinajstić information content (AvgIpc) is 2.70. The molecule has 0 bridgehead atoms. The second kappa shape index (κ2) is 2.92. The summed E-state index contributed by atoms with van der Waals surface area (Å²) in [7, 11) is 0. The van der Waals surface area contributed by atoms with Crippen molar-refractivity contribution < 1.29 is 0 Å². The van der Waals surface area contributed by atoms with Gasteiger partial charge in [0.15, 0.2) is 5.84 Å². The maximum Gasteiger partial charge on any atom is 0.174 e. The summed E-state index contributed by atoms with van der Waals surface area (Å²) in [4.78, 5) is 0. The lowest BCUT2D eigenvalue weighted by molar-refractivity contribution is 1.24. The van der Waals surface area contributed by atoms with Crippen molar-refractivity contribution in [1.82, 2.24) is 0 Å². The molecule has 0 aromatic rings. The van der Waals surface area contributed by atoms with Crippen LogP contribution >= 0.6 is 11.8 Å². The molecule has 0 heterocycles. The lowest BCUT2D eigenvalue weighted by Crippen LogP contribution is -2.22. The topological polar surface area (TPSA) is 88.2 Å². The van der Waals surface area contributed by atoms with Gasteiger partial charge in [0.1, 0.15) is 5.04 Å². The van der Waals surface area contributed by atoms with Crippen LogP contribution in [0.4, 0.5) is 0 Å². The smallest absolute Gasteiger partial charge is 0.174 e. The van der Waals surface area contributed by atoms with Gasteiger partial charge in [-0.2, -0.15) is 5.10 Å². The molecular weight excluding hydrogens is 148 g/mol. The molecule has 1 saturated carbocycles. The van der Waals surface area contributed by atoms with Crippen molar-refractivity contribution >= 4 is 22.6 Å². The van der Waals surface area contributed by atoms with Gasteiger partial charge in [0.2, 0.25) is 0 Å². The molecule has 5 N–H and O–H groups in total. The quantitative estimate of drug-likeness (QED) is 0.219. The second-order valence-electron chi connectivity index (χ2n) is 2.16. The van der Waals surface area contributed by atoms with Crippen molar-refractivity contribution in [3.63, 3.8) is 0 Å². The Hall–Kier alpha value is -0.710. The van der Waals surface area contributed by atoms with Gasteiger partial charge in [0.05, 0.1) is 0 Å². The Morgan fingerprint density at radius 1 is 1.60 bits per heavy atom. The first-order valence-corrected chi connectivity index (χ1v) is 3.91. The van der Waals surface area contributed by atoms with Crippen molar-refractivity contribution in [2.24, 2.45) is 16.7 Å². The van der Waals surface area contributed by atoms with Crippen molar-refractivity contribution in [3.05, 3.63) is 0 Å². The fourth-order valence-corrected chi connectivity index (χ4v) is 1.35. The minimum absolute atomic E-state index is 0.136. The van der Waals surface area contributed by atoms with Crippen molar-refractivity contribution in [1.29, 1.82) is 5.41 Å². The predicted octanol–water partition coefficient (Wildman–Crippen LogP) is 0.0902. The first-order valence-electron chi connectivity index (χ1n) is 3.03. The Balaban J connectivity index is 2.32. The zero-order valence-corrected chi connectivity index (χ0v) is 6.32. The van der Waals surface area contributed by atoms with Crippen LogP contribution in [0.15, 0.2) is 5.10 Å². The summed E-state index contributed by atoms with van der Waals surface area (Å²) in [5.74, 6) is 5.01. The summed E-state index contributed by atoms with van der Waals surface area (Å²) in [5.41, 5.74) is 5.27. The summed E-state index contributed by atoms with van der Waals surface area (Å²) in [6, 6.07) is 0. The van der Waals surface area contributed by atoms with Gasteiger partial charge in [0.25, 0.3) is 0 Å². The molecule has 0 atom stereocenters. The lowest BCUT2D eigenvalue weighted by atomic mass is 10.7. The summed E-state index contributed by atoms with van der Waals surface area (Å²) >= 11 is 1.45. The van der Waals surface area contributed by atoms with Crippen LogP contribution in [0.3, 0.4) is 0 Å². The van der Waals surface area contributed by atoms with E-state index in [1.165, 1.54) is 24.6 Å². The van der Waals surface area contributed by atoms with Gasteiger partial charge in [-0.15, -0.1) is 0 Å². The van der Waals surface area contributed by atoms with Crippen LogP contribution in [0.25, 0.3) is 0 Å².